The van der Waals surface area contributed by atoms with Crippen LogP contribution in [0.1, 0.15) is 26.7 Å². The second-order valence-electron chi connectivity index (χ2n) is 3.69. The number of amides is 1. The summed E-state index contributed by atoms with van der Waals surface area (Å²) in [7, 11) is 0. The number of carbonyl (C=O) groups excluding carboxylic acids is 1. The fraction of sp³-hybridized carbons (Fsp3) is 0.625. The number of nitrogens with zero attached hydrogens (tertiary/aromatic N) is 2. The van der Waals surface area contributed by atoms with Crippen LogP contribution in [0.2, 0.25) is 0 Å². The highest BCUT2D eigenvalue weighted by Crippen LogP contribution is 2.06. The standard InChI is InChI=1S/C8H13N3O3/c1-8(2,3)14-7(12)9-4-6-11-10-5-13-6/h5H,4H2,1-3H3,(H,9,12). The molecule has 0 saturated heterocycles. The van der Waals surface area contributed by atoms with E-state index in [1.165, 1.54) is 6.39 Å². The molecule has 0 saturated carbocycles. The Morgan fingerprint density at radius 1 is 1.64 bits per heavy atom. The minimum Gasteiger partial charge on any atom is -0.444 e. The van der Waals surface area contributed by atoms with Crippen molar-refractivity contribution >= 4 is 6.09 Å². The predicted molar refractivity (Wildman–Crippen MR) is 47.4 cm³/mol. The first kappa shape index (κ1) is 10.5. The minimum atomic E-state index is -0.504. The van der Waals surface area contributed by atoms with E-state index in [2.05, 4.69) is 15.5 Å². The highest BCUT2D eigenvalue weighted by molar-refractivity contribution is 5.67. The SMILES string of the molecule is CC(C)(C)OC(=O)NCc1nnco1. The van der Waals surface area contributed by atoms with E-state index in [-0.39, 0.29) is 6.54 Å². The maximum absolute atomic E-state index is 11.1. The van der Waals surface area contributed by atoms with Crippen LogP contribution in [0, 0.1) is 0 Å². The molecule has 1 rings (SSSR count). The summed E-state index contributed by atoms with van der Waals surface area (Å²) in [6.45, 7) is 5.55. The lowest BCUT2D eigenvalue weighted by molar-refractivity contribution is 0.0519. The van der Waals surface area contributed by atoms with Gasteiger partial charge in [-0.15, -0.1) is 10.2 Å². The maximum atomic E-state index is 11.1. The Kier molecular flexibility index (Phi) is 3.06. The highest BCUT2D eigenvalue weighted by atomic mass is 16.6. The Bertz CT molecular complexity index is 289. The molecular formula is C8H13N3O3. The fourth-order valence-electron chi connectivity index (χ4n) is 0.735. The smallest absolute Gasteiger partial charge is 0.408 e. The Morgan fingerprint density at radius 2 is 2.36 bits per heavy atom. The van der Waals surface area contributed by atoms with E-state index >= 15 is 0 Å². The van der Waals surface area contributed by atoms with Gasteiger partial charge in [0.2, 0.25) is 12.3 Å². The summed E-state index contributed by atoms with van der Waals surface area (Å²) in [6, 6.07) is 0. The molecule has 0 bridgehead atoms. The molecule has 1 N–H and O–H groups in total. The van der Waals surface area contributed by atoms with Gasteiger partial charge in [-0.05, 0) is 20.8 Å². The van der Waals surface area contributed by atoms with Gasteiger partial charge in [0.15, 0.2) is 0 Å². The first-order valence-electron chi connectivity index (χ1n) is 4.19. The lowest BCUT2D eigenvalue weighted by Crippen LogP contribution is -2.32. The third-order valence-electron chi connectivity index (χ3n) is 1.19. The monoisotopic (exact) mass is 199 g/mol. The van der Waals surface area contributed by atoms with Gasteiger partial charge in [0.25, 0.3) is 0 Å². The van der Waals surface area contributed by atoms with E-state index in [1.54, 1.807) is 20.8 Å². The quantitative estimate of drug-likeness (QED) is 0.771. The molecule has 1 heterocycles. The van der Waals surface area contributed by atoms with E-state index in [0.717, 1.165) is 0 Å². The van der Waals surface area contributed by atoms with Gasteiger partial charge in [-0.3, -0.25) is 0 Å². The van der Waals surface area contributed by atoms with Gasteiger partial charge in [-0.2, -0.15) is 0 Å². The zero-order valence-electron chi connectivity index (χ0n) is 8.40. The fourth-order valence-corrected chi connectivity index (χ4v) is 0.735. The molecule has 0 atom stereocenters. The third-order valence-corrected chi connectivity index (χ3v) is 1.19. The molecule has 14 heavy (non-hydrogen) atoms. The lowest BCUT2D eigenvalue weighted by atomic mass is 10.2. The summed E-state index contributed by atoms with van der Waals surface area (Å²) in [6.07, 6.45) is 0.697. The average Bonchev–Trinajstić information content (AvgIpc) is 2.49. The Labute approximate surface area is 81.6 Å². The number of hydrogen-bond donors (Lipinski definition) is 1. The van der Waals surface area contributed by atoms with Gasteiger partial charge in [-0.25, -0.2) is 4.79 Å². The molecule has 0 aliphatic carbocycles. The second kappa shape index (κ2) is 4.08. The topological polar surface area (TPSA) is 77.2 Å². The summed E-state index contributed by atoms with van der Waals surface area (Å²) in [5, 5.41) is 9.55. The van der Waals surface area contributed by atoms with Crippen molar-refractivity contribution in [2.24, 2.45) is 0 Å². The zero-order valence-corrected chi connectivity index (χ0v) is 8.40. The molecule has 78 valence electrons. The van der Waals surface area contributed by atoms with E-state index < -0.39 is 11.7 Å². The van der Waals surface area contributed by atoms with Crippen LogP contribution in [0.3, 0.4) is 0 Å². The van der Waals surface area contributed by atoms with Crippen molar-refractivity contribution < 1.29 is 13.9 Å². The van der Waals surface area contributed by atoms with Crippen LogP contribution in [0.25, 0.3) is 0 Å². The van der Waals surface area contributed by atoms with E-state index in [0.29, 0.717) is 5.89 Å². The number of carbonyl (C=O) groups is 1. The molecule has 0 aliphatic rings. The number of rotatable bonds is 2. The van der Waals surface area contributed by atoms with Gasteiger partial charge >= 0.3 is 6.09 Å². The molecule has 0 aliphatic heterocycles. The summed E-state index contributed by atoms with van der Waals surface area (Å²) >= 11 is 0. The summed E-state index contributed by atoms with van der Waals surface area (Å²) in [4.78, 5) is 11.1. The van der Waals surface area contributed by atoms with E-state index in [4.69, 9.17) is 9.15 Å². The molecule has 0 radical (unpaired) electrons. The normalized spacial score (nSPS) is 11.1. The third kappa shape index (κ3) is 3.88. The summed E-state index contributed by atoms with van der Waals surface area (Å²) < 4.78 is 9.82. The van der Waals surface area contributed by atoms with Gasteiger partial charge in [-0.1, -0.05) is 0 Å². The van der Waals surface area contributed by atoms with Crippen LogP contribution in [0.4, 0.5) is 4.79 Å². The molecule has 6 heteroatoms. The zero-order chi connectivity index (χ0) is 10.6. The number of ether oxygens (including phenoxy) is 1. The number of hydrogen-bond acceptors (Lipinski definition) is 5. The van der Waals surface area contributed by atoms with Crippen LogP contribution in [-0.2, 0) is 11.3 Å². The highest BCUT2D eigenvalue weighted by Gasteiger charge is 2.16. The van der Waals surface area contributed by atoms with Crippen LogP contribution in [-0.4, -0.2) is 21.9 Å². The second-order valence-corrected chi connectivity index (χ2v) is 3.69. The predicted octanol–water partition coefficient (Wildman–Crippen LogP) is 1.09. The number of alkyl carbamates (subject to hydrolysis) is 1. The minimum absolute atomic E-state index is 0.176. The average molecular weight is 199 g/mol. The first-order valence-corrected chi connectivity index (χ1v) is 4.19. The van der Waals surface area contributed by atoms with Crippen LogP contribution < -0.4 is 5.32 Å². The largest absolute Gasteiger partial charge is 0.444 e. The lowest BCUT2D eigenvalue weighted by Gasteiger charge is -2.19. The number of aromatic nitrogens is 2. The van der Waals surface area contributed by atoms with Gasteiger partial charge < -0.3 is 14.5 Å². The Balaban J connectivity index is 2.29. The van der Waals surface area contributed by atoms with Crippen molar-refractivity contribution in [2.45, 2.75) is 32.9 Å². The van der Waals surface area contributed by atoms with Crippen molar-refractivity contribution in [3.8, 4) is 0 Å². The van der Waals surface area contributed by atoms with Crippen molar-refractivity contribution in [3.05, 3.63) is 12.3 Å². The van der Waals surface area contributed by atoms with Gasteiger partial charge in [0.1, 0.15) is 5.60 Å². The molecule has 0 aromatic carbocycles. The Hall–Kier alpha value is -1.59. The molecule has 0 spiro atoms. The molecule has 0 unspecified atom stereocenters. The van der Waals surface area contributed by atoms with Crippen LogP contribution in [0.5, 0.6) is 0 Å². The molecule has 1 amide bonds. The van der Waals surface area contributed by atoms with E-state index in [1.807, 2.05) is 0 Å². The van der Waals surface area contributed by atoms with Crippen molar-refractivity contribution in [1.29, 1.82) is 0 Å². The summed E-state index contributed by atoms with van der Waals surface area (Å²) in [5.41, 5.74) is -0.501. The molecule has 1 aromatic rings. The van der Waals surface area contributed by atoms with Crippen LogP contribution in [0.15, 0.2) is 10.8 Å². The number of nitrogens with one attached hydrogen (secondary N) is 1. The van der Waals surface area contributed by atoms with Crippen molar-refractivity contribution in [2.75, 3.05) is 0 Å². The first-order chi connectivity index (χ1) is 6.47. The molecule has 0 fully saturated rings. The van der Waals surface area contributed by atoms with Crippen LogP contribution >= 0.6 is 0 Å². The molecule has 1 aromatic heterocycles. The molecular weight excluding hydrogens is 186 g/mol. The van der Waals surface area contributed by atoms with Gasteiger partial charge in [0.05, 0.1) is 6.54 Å². The molecule has 6 nitrogen and oxygen atoms in total. The summed E-state index contributed by atoms with van der Waals surface area (Å²) in [5.74, 6) is 0.343. The van der Waals surface area contributed by atoms with E-state index in [9.17, 15) is 4.79 Å². The van der Waals surface area contributed by atoms with Gasteiger partial charge in [0, 0.05) is 0 Å². The van der Waals surface area contributed by atoms with Crippen molar-refractivity contribution in [1.82, 2.24) is 15.5 Å². The maximum Gasteiger partial charge on any atom is 0.408 e. The Morgan fingerprint density at radius 3 is 2.86 bits per heavy atom. The van der Waals surface area contributed by atoms with Crippen molar-refractivity contribution in [3.63, 3.8) is 0 Å².